The van der Waals surface area contributed by atoms with Crippen molar-refractivity contribution in [2.24, 2.45) is 7.05 Å². The van der Waals surface area contributed by atoms with Gasteiger partial charge in [-0.15, -0.1) is 0 Å². The van der Waals surface area contributed by atoms with Gasteiger partial charge >= 0.3 is 6.18 Å². The van der Waals surface area contributed by atoms with Crippen LogP contribution in [0.1, 0.15) is 21.7 Å². The van der Waals surface area contributed by atoms with Crippen LogP contribution in [0.5, 0.6) is 0 Å². The van der Waals surface area contributed by atoms with E-state index in [-0.39, 0.29) is 42.2 Å². The molecule has 3 heterocycles. The van der Waals surface area contributed by atoms with Crippen molar-refractivity contribution in [2.75, 3.05) is 25.1 Å². The lowest BCUT2D eigenvalue weighted by Crippen LogP contribution is -2.41. The van der Waals surface area contributed by atoms with E-state index in [1.54, 1.807) is 35.2 Å². The molecule has 2 aromatic heterocycles. The highest BCUT2D eigenvalue weighted by Crippen LogP contribution is 2.38. The first kappa shape index (κ1) is 26.9. The zero-order valence-electron chi connectivity index (χ0n) is 21.1. The van der Waals surface area contributed by atoms with Crippen molar-refractivity contribution in [3.63, 3.8) is 0 Å². The second-order valence-electron chi connectivity index (χ2n) is 8.99. The van der Waals surface area contributed by atoms with Crippen LogP contribution in [0, 0.1) is 5.82 Å². The Kier molecular flexibility index (Phi) is 7.30. The standard InChI is InChI=1S/C27H22F4N6O3/c1-36-8-7-21(35-36)17-11-18(20(28)12-19(17)27(29,30)31)26(39)33-22-13-32-23(14-37-9-10-40-15-24(37)38)34-25(22)16-5-3-2-4-6-16/h2-8,11-13H,9-10,14-15H2,1H3,(H,33,39). The van der Waals surface area contributed by atoms with Crippen LogP contribution in [-0.2, 0) is 29.3 Å². The van der Waals surface area contributed by atoms with Crippen LogP contribution in [0.25, 0.3) is 22.5 Å². The number of anilines is 1. The van der Waals surface area contributed by atoms with E-state index in [2.05, 4.69) is 20.4 Å². The van der Waals surface area contributed by atoms with E-state index in [0.29, 0.717) is 24.5 Å². The number of hydrogen-bond donors (Lipinski definition) is 1. The summed E-state index contributed by atoms with van der Waals surface area (Å²) in [6, 6.07) is 11.2. The third-order valence-electron chi connectivity index (χ3n) is 6.20. The summed E-state index contributed by atoms with van der Waals surface area (Å²) in [6.45, 7) is 0.813. The van der Waals surface area contributed by atoms with E-state index in [1.165, 1.54) is 30.2 Å². The first-order valence-electron chi connectivity index (χ1n) is 12.1. The number of ether oxygens (including phenoxy) is 1. The highest BCUT2D eigenvalue weighted by atomic mass is 19.4. The molecule has 0 saturated carbocycles. The second kappa shape index (κ2) is 10.8. The molecule has 1 saturated heterocycles. The van der Waals surface area contributed by atoms with Gasteiger partial charge < -0.3 is 15.0 Å². The molecule has 13 heteroatoms. The largest absolute Gasteiger partial charge is 0.417 e. The molecule has 2 aromatic carbocycles. The topological polar surface area (TPSA) is 102 Å². The maximum absolute atomic E-state index is 15.0. The molecule has 0 bridgehead atoms. The minimum atomic E-state index is -4.88. The van der Waals surface area contributed by atoms with E-state index >= 15 is 0 Å². The fourth-order valence-corrected chi connectivity index (χ4v) is 4.23. The second-order valence-corrected chi connectivity index (χ2v) is 8.99. The molecule has 9 nitrogen and oxygen atoms in total. The molecule has 5 rings (SSSR count). The summed E-state index contributed by atoms with van der Waals surface area (Å²) < 4.78 is 62.6. The minimum absolute atomic E-state index is 0.0428. The number of carbonyl (C=O) groups is 2. The van der Waals surface area contributed by atoms with Crippen molar-refractivity contribution in [1.82, 2.24) is 24.6 Å². The number of aromatic nitrogens is 4. The first-order chi connectivity index (χ1) is 19.1. The van der Waals surface area contributed by atoms with E-state index in [4.69, 9.17) is 4.74 Å². The van der Waals surface area contributed by atoms with Gasteiger partial charge in [0.25, 0.3) is 5.91 Å². The van der Waals surface area contributed by atoms with Crippen molar-refractivity contribution >= 4 is 17.5 Å². The molecule has 1 aliphatic rings. The van der Waals surface area contributed by atoms with Gasteiger partial charge in [0.1, 0.15) is 18.2 Å². The number of rotatable bonds is 6. The Balaban J connectivity index is 1.51. The van der Waals surface area contributed by atoms with E-state index in [9.17, 15) is 27.2 Å². The molecule has 0 unspecified atom stereocenters. The van der Waals surface area contributed by atoms with Crippen molar-refractivity contribution in [1.29, 1.82) is 0 Å². The van der Waals surface area contributed by atoms with Gasteiger partial charge in [-0.05, 0) is 18.2 Å². The van der Waals surface area contributed by atoms with Crippen LogP contribution < -0.4 is 5.32 Å². The Labute approximate surface area is 225 Å². The number of aryl methyl sites for hydroxylation is 1. The average Bonchev–Trinajstić information content (AvgIpc) is 3.36. The highest BCUT2D eigenvalue weighted by Gasteiger charge is 2.36. The number of benzene rings is 2. The summed E-state index contributed by atoms with van der Waals surface area (Å²) in [7, 11) is 1.53. The van der Waals surface area contributed by atoms with Gasteiger partial charge in [-0.2, -0.15) is 18.3 Å². The van der Waals surface area contributed by atoms with E-state index in [0.717, 1.165) is 6.07 Å². The Morgan fingerprint density at radius 2 is 1.93 bits per heavy atom. The summed E-state index contributed by atoms with van der Waals surface area (Å²) in [5.74, 6) is -2.27. The van der Waals surface area contributed by atoms with Crippen LogP contribution in [-0.4, -0.2) is 56.2 Å². The zero-order chi connectivity index (χ0) is 28.4. The molecule has 4 aromatic rings. The number of carbonyl (C=O) groups excluding carboxylic acids is 2. The van der Waals surface area contributed by atoms with Crippen molar-refractivity contribution in [3.05, 3.63) is 83.7 Å². The van der Waals surface area contributed by atoms with Crippen LogP contribution in [0.2, 0.25) is 0 Å². The number of morpholine rings is 1. The Bertz CT molecular complexity index is 1570. The molecule has 2 amide bonds. The molecule has 40 heavy (non-hydrogen) atoms. The smallest absolute Gasteiger partial charge is 0.370 e. The fourth-order valence-electron chi connectivity index (χ4n) is 4.23. The fraction of sp³-hybridized carbons (Fsp3) is 0.222. The Morgan fingerprint density at radius 3 is 2.60 bits per heavy atom. The van der Waals surface area contributed by atoms with Gasteiger partial charge in [-0.1, -0.05) is 30.3 Å². The number of alkyl halides is 3. The number of nitrogens with zero attached hydrogens (tertiary/aromatic N) is 5. The van der Waals surface area contributed by atoms with Crippen LogP contribution in [0.15, 0.2) is 60.9 Å². The van der Waals surface area contributed by atoms with Gasteiger partial charge in [-0.25, -0.2) is 14.4 Å². The van der Waals surface area contributed by atoms with Gasteiger partial charge in [0.2, 0.25) is 5.91 Å². The summed E-state index contributed by atoms with van der Waals surface area (Å²) in [4.78, 5) is 35.7. The SMILES string of the molecule is Cn1ccc(-c2cc(C(=O)Nc3cnc(CN4CCOCC4=O)nc3-c3ccccc3)c(F)cc2C(F)(F)F)n1. The van der Waals surface area contributed by atoms with Gasteiger partial charge in [0, 0.05) is 30.9 Å². The normalized spacial score (nSPS) is 13.9. The maximum Gasteiger partial charge on any atom is 0.417 e. The summed E-state index contributed by atoms with van der Waals surface area (Å²) >= 11 is 0. The molecular formula is C27H22F4N6O3. The molecule has 0 aliphatic carbocycles. The molecule has 0 spiro atoms. The molecule has 206 valence electrons. The van der Waals surface area contributed by atoms with Gasteiger partial charge in [0.15, 0.2) is 0 Å². The van der Waals surface area contributed by atoms with Crippen molar-refractivity contribution in [2.45, 2.75) is 12.7 Å². The molecule has 1 fully saturated rings. The maximum atomic E-state index is 15.0. The van der Waals surface area contributed by atoms with E-state index in [1.807, 2.05) is 0 Å². The number of hydrogen-bond acceptors (Lipinski definition) is 6. The molecular weight excluding hydrogens is 532 g/mol. The highest BCUT2D eigenvalue weighted by molar-refractivity contribution is 6.06. The van der Waals surface area contributed by atoms with Crippen LogP contribution >= 0.6 is 0 Å². The Hall–Kier alpha value is -4.65. The average molecular weight is 555 g/mol. The predicted octanol–water partition coefficient (Wildman–Crippen LogP) is 4.31. The quantitative estimate of drug-likeness (QED) is 0.357. The predicted molar refractivity (Wildman–Crippen MR) is 135 cm³/mol. The molecule has 0 atom stereocenters. The molecule has 1 aliphatic heterocycles. The minimum Gasteiger partial charge on any atom is -0.370 e. The lowest BCUT2D eigenvalue weighted by molar-refractivity contribution is -0.143. The first-order valence-corrected chi connectivity index (χ1v) is 12.1. The van der Waals surface area contributed by atoms with Crippen LogP contribution in [0.3, 0.4) is 0 Å². The summed E-state index contributed by atoms with van der Waals surface area (Å²) in [5, 5.41) is 6.53. The molecule has 1 N–H and O–H groups in total. The van der Waals surface area contributed by atoms with Gasteiger partial charge in [-0.3, -0.25) is 14.3 Å². The molecule has 0 radical (unpaired) electrons. The van der Waals surface area contributed by atoms with Gasteiger partial charge in [0.05, 0.1) is 47.6 Å². The third kappa shape index (κ3) is 5.69. The third-order valence-corrected chi connectivity index (χ3v) is 6.20. The number of halogens is 4. The zero-order valence-corrected chi connectivity index (χ0v) is 21.1. The number of nitrogens with one attached hydrogen (secondary N) is 1. The number of amides is 2. The Morgan fingerprint density at radius 1 is 1.15 bits per heavy atom. The monoisotopic (exact) mass is 554 g/mol. The lowest BCUT2D eigenvalue weighted by atomic mass is 9.99. The summed E-state index contributed by atoms with van der Waals surface area (Å²) in [5.41, 5.74) is -1.39. The van der Waals surface area contributed by atoms with Crippen molar-refractivity contribution < 1.29 is 31.9 Å². The lowest BCUT2D eigenvalue weighted by Gasteiger charge is -2.26. The summed E-state index contributed by atoms with van der Waals surface area (Å²) in [6.07, 6.45) is -2.13. The van der Waals surface area contributed by atoms with E-state index < -0.39 is 34.6 Å². The van der Waals surface area contributed by atoms with Crippen LogP contribution in [0.4, 0.5) is 23.2 Å². The van der Waals surface area contributed by atoms with Crippen molar-refractivity contribution in [3.8, 4) is 22.5 Å².